The summed E-state index contributed by atoms with van der Waals surface area (Å²) in [6, 6.07) is 21.3. The average molecular weight is 434 g/mol. The van der Waals surface area contributed by atoms with Gasteiger partial charge in [-0.2, -0.15) is 0 Å². The molecule has 1 heterocycles. The van der Waals surface area contributed by atoms with E-state index in [1.54, 1.807) is 32.1 Å². The number of benzene rings is 4. The van der Waals surface area contributed by atoms with Crippen molar-refractivity contribution in [1.82, 2.24) is 0 Å². The van der Waals surface area contributed by atoms with Crippen molar-refractivity contribution < 1.29 is 10.2 Å². The standard InChI is InChI=1S/C28H23BO2S/c1-27(2,30)28(3,31)14-15-11-18-16-7-4-5-8-17(16)19-13-23-25(20(12-15)24(18)19)26-21(29)9-6-10-22(26)32-23/h4-13,30-31H,14H2,1-3H3. The minimum absolute atomic E-state index is 0.352. The van der Waals surface area contributed by atoms with Crippen LogP contribution >= 0.6 is 11.3 Å². The quantitative estimate of drug-likeness (QED) is 0.350. The van der Waals surface area contributed by atoms with Crippen LogP contribution in [0.5, 0.6) is 0 Å². The summed E-state index contributed by atoms with van der Waals surface area (Å²) in [6.45, 7) is 5.02. The van der Waals surface area contributed by atoms with Crippen LogP contribution in [0.15, 0.2) is 60.7 Å². The first-order valence-corrected chi connectivity index (χ1v) is 11.7. The second kappa shape index (κ2) is 6.45. The Morgan fingerprint density at radius 2 is 1.44 bits per heavy atom. The molecule has 5 aromatic rings. The highest BCUT2D eigenvalue weighted by Gasteiger charge is 2.38. The smallest absolute Gasteiger partial charge is 0.114 e. The molecule has 2 radical (unpaired) electrons. The van der Waals surface area contributed by atoms with Crippen LogP contribution in [-0.2, 0) is 6.42 Å². The zero-order valence-electron chi connectivity index (χ0n) is 18.4. The molecular formula is C28H23BO2S. The summed E-state index contributed by atoms with van der Waals surface area (Å²) >= 11 is 1.77. The molecule has 2 nitrogen and oxygen atoms in total. The van der Waals surface area contributed by atoms with Crippen molar-refractivity contribution in [3.63, 3.8) is 0 Å². The van der Waals surface area contributed by atoms with E-state index >= 15 is 0 Å². The van der Waals surface area contributed by atoms with E-state index < -0.39 is 11.2 Å². The van der Waals surface area contributed by atoms with Gasteiger partial charge < -0.3 is 10.2 Å². The van der Waals surface area contributed by atoms with Crippen molar-refractivity contribution in [2.75, 3.05) is 0 Å². The van der Waals surface area contributed by atoms with Crippen molar-refractivity contribution >= 4 is 55.6 Å². The SMILES string of the molecule is [B]c1cccc2sc3cc4c5c(cc(CC(C)(O)C(C)(C)O)cc5c3c12)-c1ccccc1-4. The van der Waals surface area contributed by atoms with Crippen molar-refractivity contribution in [2.45, 2.75) is 38.4 Å². The molecule has 6 rings (SSSR count). The van der Waals surface area contributed by atoms with E-state index in [9.17, 15) is 10.2 Å². The summed E-state index contributed by atoms with van der Waals surface area (Å²) in [4.78, 5) is 0. The van der Waals surface area contributed by atoms with Gasteiger partial charge >= 0.3 is 0 Å². The van der Waals surface area contributed by atoms with E-state index in [4.69, 9.17) is 7.85 Å². The van der Waals surface area contributed by atoms with Crippen LogP contribution in [0.2, 0.25) is 0 Å². The van der Waals surface area contributed by atoms with Gasteiger partial charge in [0.15, 0.2) is 0 Å². The molecular weight excluding hydrogens is 411 g/mol. The maximum atomic E-state index is 11.1. The lowest BCUT2D eigenvalue weighted by Crippen LogP contribution is -2.49. The Bertz CT molecular complexity index is 1570. The van der Waals surface area contributed by atoms with Crippen molar-refractivity contribution in [3.8, 4) is 22.3 Å². The zero-order chi connectivity index (χ0) is 22.4. The fraction of sp³-hybridized carbons (Fsp3) is 0.214. The Balaban J connectivity index is 1.76. The maximum absolute atomic E-state index is 11.1. The third kappa shape index (κ3) is 2.67. The minimum Gasteiger partial charge on any atom is -0.387 e. The Morgan fingerprint density at radius 1 is 0.750 bits per heavy atom. The highest BCUT2D eigenvalue weighted by atomic mass is 32.1. The topological polar surface area (TPSA) is 40.5 Å². The van der Waals surface area contributed by atoms with E-state index in [0.29, 0.717) is 6.42 Å². The summed E-state index contributed by atoms with van der Waals surface area (Å²) in [5.41, 5.74) is 4.20. The van der Waals surface area contributed by atoms with Gasteiger partial charge in [0.05, 0.1) is 11.2 Å². The van der Waals surface area contributed by atoms with Crippen LogP contribution in [-0.4, -0.2) is 29.3 Å². The highest BCUT2D eigenvalue weighted by molar-refractivity contribution is 7.26. The number of fused-ring (bicyclic) bond motifs is 7. The van der Waals surface area contributed by atoms with Crippen LogP contribution in [0.25, 0.3) is 53.2 Å². The van der Waals surface area contributed by atoms with Gasteiger partial charge in [-0.1, -0.05) is 54.0 Å². The van der Waals surface area contributed by atoms with Gasteiger partial charge in [0.1, 0.15) is 7.85 Å². The van der Waals surface area contributed by atoms with Gasteiger partial charge in [0.25, 0.3) is 0 Å². The molecule has 0 fully saturated rings. The highest BCUT2D eigenvalue weighted by Crippen LogP contribution is 2.52. The third-order valence-corrected chi connectivity index (χ3v) is 8.26. The molecule has 2 N–H and O–H groups in total. The van der Waals surface area contributed by atoms with Gasteiger partial charge in [-0.15, -0.1) is 11.3 Å². The predicted molar refractivity (Wildman–Crippen MR) is 137 cm³/mol. The average Bonchev–Trinajstić information content (AvgIpc) is 3.25. The molecule has 0 amide bonds. The van der Waals surface area contributed by atoms with Crippen molar-refractivity contribution in [2.24, 2.45) is 0 Å². The van der Waals surface area contributed by atoms with E-state index in [1.807, 2.05) is 12.1 Å². The van der Waals surface area contributed by atoms with Crippen LogP contribution in [0, 0.1) is 0 Å². The lowest BCUT2D eigenvalue weighted by Gasteiger charge is -2.36. The largest absolute Gasteiger partial charge is 0.387 e. The lowest BCUT2D eigenvalue weighted by molar-refractivity contribution is -0.118. The number of rotatable bonds is 3. The molecule has 4 aromatic carbocycles. The fourth-order valence-corrected chi connectivity index (χ4v) is 6.24. The van der Waals surface area contributed by atoms with Gasteiger partial charge in [0.2, 0.25) is 0 Å². The number of aliphatic hydroxyl groups is 2. The molecule has 1 atom stereocenters. The molecule has 0 bridgehead atoms. The molecule has 1 unspecified atom stereocenters. The summed E-state index contributed by atoms with van der Waals surface area (Å²) < 4.78 is 2.40. The Kier molecular flexibility index (Phi) is 4.03. The molecule has 0 spiro atoms. The van der Waals surface area contributed by atoms with Gasteiger partial charge in [-0.25, -0.2) is 0 Å². The lowest BCUT2D eigenvalue weighted by atomic mass is 9.81. The normalized spacial score (nSPS) is 14.9. The third-order valence-electron chi connectivity index (χ3n) is 7.16. The molecule has 1 aliphatic carbocycles. The van der Waals surface area contributed by atoms with Gasteiger partial charge in [0, 0.05) is 21.2 Å². The Labute approximate surface area is 192 Å². The summed E-state index contributed by atoms with van der Waals surface area (Å²) in [7, 11) is 6.46. The number of hydrogen-bond donors (Lipinski definition) is 2. The minimum atomic E-state index is -1.27. The Morgan fingerprint density at radius 3 is 2.12 bits per heavy atom. The Hall–Kier alpha value is -2.66. The van der Waals surface area contributed by atoms with Gasteiger partial charge in [-0.3, -0.25) is 0 Å². The van der Waals surface area contributed by atoms with Crippen LogP contribution in [0.1, 0.15) is 26.3 Å². The van der Waals surface area contributed by atoms with E-state index in [0.717, 1.165) is 21.8 Å². The van der Waals surface area contributed by atoms with E-state index in [2.05, 4.69) is 48.5 Å². The summed E-state index contributed by atoms with van der Waals surface area (Å²) in [5, 5.41) is 26.3. The molecule has 4 heteroatoms. The molecule has 0 saturated carbocycles. The molecule has 156 valence electrons. The first-order chi connectivity index (χ1) is 15.2. The second-order valence-corrected chi connectivity index (χ2v) is 10.8. The maximum Gasteiger partial charge on any atom is 0.114 e. The molecule has 0 aliphatic heterocycles. The molecule has 1 aliphatic rings. The summed E-state index contributed by atoms with van der Waals surface area (Å²) in [5.74, 6) is 0. The molecule has 0 saturated heterocycles. The van der Waals surface area contributed by atoms with Crippen LogP contribution < -0.4 is 5.46 Å². The fourth-order valence-electron chi connectivity index (χ4n) is 5.05. The van der Waals surface area contributed by atoms with E-state index in [-0.39, 0.29) is 0 Å². The predicted octanol–water partition coefficient (Wildman–Crippen LogP) is 5.71. The van der Waals surface area contributed by atoms with Gasteiger partial charge in [-0.05, 0) is 76.9 Å². The van der Waals surface area contributed by atoms with Crippen LogP contribution in [0.4, 0.5) is 0 Å². The van der Waals surface area contributed by atoms with Crippen molar-refractivity contribution in [3.05, 3.63) is 66.2 Å². The monoisotopic (exact) mass is 434 g/mol. The summed E-state index contributed by atoms with van der Waals surface area (Å²) in [6.07, 6.45) is 0.352. The zero-order valence-corrected chi connectivity index (χ0v) is 19.2. The second-order valence-electron chi connectivity index (χ2n) is 9.74. The first-order valence-electron chi connectivity index (χ1n) is 10.9. The molecule has 32 heavy (non-hydrogen) atoms. The molecule has 1 aromatic heterocycles. The number of thiophene rings is 1. The first kappa shape index (κ1) is 20.0. The van der Waals surface area contributed by atoms with E-state index in [1.165, 1.54) is 42.4 Å². The van der Waals surface area contributed by atoms with Crippen molar-refractivity contribution in [1.29, 1.82) is 0 Å². The number of hydrogen-bond acceptors (Lipinski definition) is 3. The van der Waals surface area contributed by atoms with Crippen LogP contribution in [0.3, 0.4) is 0 Å².